The van der Waals surface area contributed by atoms with Crippen LogP contribution in [0.3, 0.4) is 0 Å². The predicted molar refractivity (Wildman–Crippen MR) is 73.3 cm³/mol. The van der Waals surface area contributed by atoms with Crippen molar-refractivity contribution in [1.82, 2.24) is 9.97 Å². The number of aryl methyl sites for hydroxylation is 1. The minimum absolute atomic E-state index is 0.128. The molecular formula is C12H20BrN3O. The van der Waals surface area contributed by atoms with E-state index in [1.54, 1.807) is 0 Å². The summed E-state index contributed by atoms with van der Waals surface area (Å²) in [5.74, 6) is 1.72. The summed E-state index contributed by atoms with van der Waals surface area (Å²) in [6.45, 7) is 7.00. The minimum Gasteiger partial charge on any atom is -0.395 e. The van der Waals surface area contributed by atoms with Crippen LogP contribution in [0.1, 0.15) is 33.0 Å². The van der Waals surface area contributed by atoms with Gasteiger partial charge in [-0.25, -0.2) is 9.97 Å². The molecule has 1 N–H and O–H groups in total. The summed E-state index contributed by atoms with van der Waals surface area (Å²) in [4.78, 5) is 11.0. The summed E-state index contributed by atoms with van der Waals surface area (Å²) in [5, 5.41) is 9.09. The highest BCUT2D eigenvalue weighted by Crippen LogP contribution is 2.19. The zero-order chi connectivity index (χ0) is 12.8. The Kier molecular flexibility index (Phi) is 5.85. The van der Waals surface area contributed by atoms with Crippen LogP contribution in [0.4, 0.5) is 5.82 Å². The first-order valence-corrected chi connectivity index (χ1v) is 6.78. The molecule has 0 aliphatic rings. The van der Waals surface area contributed by atoms with Crippen molar-refractivity contribution < 1.29 is 5.11 Å². The molecule has 1 heterocycles. The monoisotopic (exact) mass is 301 g/mol. The molecule has 0 radical (unpaired) electrons. The molecule has 0 saturated heterocycles. The topological polar surface area (TPSA) is 49.2 Å². The molecule has 0 bridgehead atoms. The number of aliphatic hydroxyl groups excluding tert-OH is 1. The lowest BCUT2D eigenvalue weighted by Crippen LogP contribution is -2.34. The first-order chi connectivity index (χ1) is 8.08. The maximum atomic E-state index is 9.09. The van der Waals surface area contributed by atoms with Crippen LogP contribution in [-0.4, -0.2) is 34.3 Å². The summed E-state index contributed by atoms with van der Waals surface area (Å²) >= 11 is 3.41. The van der Waals surface area contributed by atoms with Crippen LogP contribution >= 0.6 is 15.9 Å². The molecule has 0 spiro atoms. The Morgan fingerprint density at radius 2 is 2.12 bits per heavy atom. The molecule has 1 aromatic heterocycles. The third-order valence-corrected chi connectivity index (χ3v) is 2.87. The Morgan fingerprint density at radius 3 is 2.65 bits per heavy atom. The predicted octanol–water partition coefficient (Wildman–Crippen LogP) is 2.40. The highest BCUT2D eigenvalue weighted by atomic mass is 79.9. The number of aromatic nitrogens is 2. The molecule has 0 amide bonds. The average Bonchev–Trinajstić information content (AvgIpc) is 2.25. The van der Waals surface area contributed by atoms with Gasteiger partial charge in [0.05, 0.1) is 6.61 Å². The van der Waals surface area contributed by atoms with Crippen LogP contribution < -0.4 is 4.90 Å². The van der Waals surface area contributed by atoms with Gasteiger partial charge < -0.3 is 10.0 Å². The fourth-order valence-electron chi connectivity index (χ4n) is 1.68. The van der Waals surface area contributed by atoms with Gasteiger partial charge in [-0.2, -0.15) is 0 Å². The SMILES string of the molecule is CCCc1nc(Br)cc(N(CCO)C(C)C)n1. The first kappa shape index (κ1) is 14.4. The standard InChI is InChI=1S/C12H20BrN3O/c1-4-5-11-14-10(13)8-12(15-11)16(6-7-17)9(2)3/h8-9,17H,4-7H2,1-3H3. The summed E-state index contributed by atoms with van der Waals surface area (Å²) in [5.41, 5.74) is 0. The van der Waals surface area contributed by atoms with Gasteiger partial charge in [-0.15, -0.1) is 0 Å². The van der Waals surface area contributed by atoms with Gasteiger partial charge in [-0.05, 0) is 36.2 Å². The number of rotatable bonds is 6. The molecule has 1 rings (SSSR count). The maximum absolute atomic E-state index is 9.09. The van der Waals surface area contributed by atoms with E-state index < -0.39 is 0 Å². The Balaban J connectivity index is 3.00. The van der Waals surface area contributed by atoms with Gasteiger partial charge in [0, 0.05) is 25.1 Å². The summed E-state index contributed by atoms with van der Waals surface area (Å²) in [6, 6.07) is 2.20. The molecule has 0 aromatic carbocycles. The van der Waals surface area contributed by atoms with Gasteiger partial charge >= 0.3 is 0 Å². The van der Waals surface area contributed by atoms with Crippen molar-refractivity contribution in [3.63, 3.8) is 0 Å². The molecule has 0 unspecified atom stereocenters. The molecule has 0 saturated carbocycles. The highest BCUT2D eigenvalue weighted by Gasteiger charge is 2.13. The van der Waals surface area contributed by atoms with Gasteiger partial charge in [0.1, 0.15) is 16.2 Å². The van der Waals surface area contributed by atoms with Crippen molar-refractivity contribution in [2.75, 3.05) is 18.1 Å². The van der Waals surface area contributed by atoms with E-state index >= 15 is 0 Å². The molecule has 96 valence electrons. The summed E-state index contributed by atoms with van der Waals surface area (Å²) in [6.07, 6.45) is 1.90. The maximum Gasteiger partial charge on any atom is 0.133 e. The largest absolute Gasteiger partial charge is 0.395 e. The van der Waals surface area contributed by atoms with Crippen molar-refractivity contribution in [3.05, 3.63) is 16.5 Å². The Bertz CT molecular complexity index is 358. The van der Waals surface area contributed by atoms with E-state index in [0.29, 0.717) is 12.6 Å². The Morgan fingerprint density at radius 1 is 1.41 bits per heavy atom. The van der Waals surface area contributed by atoms with Crippen LogP contribution in [0.2, 0.25) is 0 Å². The normalized spacial score (nSPS) is 10.9. The lowest BCUT2D eigenvalue weighted by atomic mass is 10.3. The second-order valence-electron chi connectivity index (χ2n) is 4.23. The van der Waals surface area contributed by atoms with Gasteiger partial charge in [0.2, 0.25) is 0 Å². The van der Waals surface area contributed by atoms with E-state index in [4.69, 9.17) is 5.11 Å². The fourth-order valence-corrected chi connectivity index (χ4v) is 2.09. The van der Waals surface area contributed by atoms with Crippen molar-refractivity contribution in [3.8, 4) is 0 Å². The highest BCUT2D eigenvalue weighted by molar-refractivity contribution is 9.10. The van der Waals surface area contributed by atoms with Gasteiger partial charge in [-0.1, -0.05) is 6.92 Å². The average molecular weight is 302 g/mol. The molecule has 5 heteroatoms. The van der Waals surface area contributed by atoms with Crippen LogP contribution in [0, 0.1) is 0 Å². The van der Waals surface area contributed by atoms with E-state index in [9.17, 15) is 0 Å². The smallest absolute Gasteiger partial charge is 0.133 e. The summed E-state index contributed by atoms with van der Waals surface area (Å²) < 4.78 is 0.800. The molecule has 0 atom stereocenters. The lowest BCUT2D eigenvalue weighted by molar-refractivity contribution is 0.298. The lowest BCUT2D eigenvalue weighted by Gasteiger charge is -2.27. The van der Waals surface area contributed by atoms with Gasteiger partial charge in [0.25, 0.3) is 0 Å². The van der Waals surface area contributed by atoms with Gasteiger partial charge in [0.15, 0.2) is 0 Å². The van der Waals surface area contributed by atoms with E-state index in [0.717, 1.165) is 29.1 Å². The number of halogens is 1. The molecule has 1 aromatic rings. The third kappa shape index (κ3) is 4.24. The zero-order valence-corrected chi connectivity index (χ0v) is 12.2. The molecular weight excluding hydrogens is 282 g/mol. The first-order valence-electron chi connectivity index (χ1n) is 5.99. The number of aliphatic hydroxyl groups is 1. The van der Waals surface area contributed by atoms with Crippen molar-refractivity contribution in [2.45, 2.75) is 39.7 Å². The second-order valence-corrected chi connectivity index (χ2v) is 5.04. The van der Waals surface area contributed by atoms with E-state index in [2.05, 4.69) is 51.6 Å². The minimum atomic E-state index is 0.128. The van der Waals surface area contributed by atoms with Crippen LogP contribution in [-0.2, 0) is 6.42 Å². The molecule has 17 heavy (non-hydrogen) atoms. The fraction of sp³-hybridized carbons (Fsp3) is 0.667. The molecule has 0 aliphatic heterocycles. The van der Waals surface area contributed by atoms with Crippen LogP contribution in [0.5, 0.6) is 0 Å². The zero-order valence-electron chi connectivity index (χ0n) is 10.6. The molecule has 4 nitrogen and oxygen atoms in total. The van der Waals surface area contributed by atoms with Crippen LogP contribution in [0.15, 0.2) is 10.7 Å². The number of hydrogen-bond donors (Lipinski definition) is 1. The van der Waals surface area contributed by atoms with Crippen LogP contribution in [0.25, 0.3) is 0 Å². The van der Waals surface area contributed by atoms with E-state index in [1.807, 2.05) is 6.07 Å². The second kappa shape index (κ2) is 6.91. The van der Waals surface area contributed by atoms with E-state index in [1.165, 1.54) is 0 Å². The molecule has 0 aliphatic carbocycles. The number of nitrogens with zero attached hydrogens (tertiary/aromatic N) is 3. The van der Waals surface area contributed by atoms with Crippen molar-refractivity contribution in [2.24, 2.45) is 0 Å². The Hall–Kier alpha value is -0.680. The van der Waals surface area contributed by atoms with E-state index in [-0.39, 0.29) is 6.61 Å². The Labute approximate surface area is 111 Å². The van der Waals surface area contributed by atoms with Crippen molar-refractivity contribution in [1.29, 1.82) is 0 Å². The number of hydrogen-bond acceptors (Lipinski definition) is 4. The number of anilines is 1. The summed E-state index contributed by atoms with van der Waals surface area (Å²) in [7, 11) is 0. The quantitative estimate of drug-likeness (QED) is 0.820. The van der Waals surface area contributed by atoms with Crippen molar-refractivity contribution >= 4 is 21.7 Å². The van der Waals surface area contributed by atoms with Gasteiger partial charge in [-0.3, -0.25) is 0 Å². The third-order valence-electron chi connectivity index (χ3n) is 2.46. The molecule has 0 fully saturated rings.